The number of anilines is 1. The smallest absolute Gasteiger partial charge is 0.410 e. The molecule has 4 rings (SSSR count). The van der Waals surface area contributed by atoms with Crippen LogP contribution in [0.1, 0.15) is 41.5 Å². The molecule has 0 spiro atoms. The van der Waals surface area contributed by atoms with Crippen LogP contribution in [-0.4, -0.2) is 90.7 Å². The number of nitrogens with two attached hydrogens (primary N) is 1. The normalized spacial score (nSPS) is 15.1. The molecule has 2 aliphatic rings. The number of carbonyl (C=O) groups excluding carboxylic acids is 2. The van der Waals surface area contributed by atoms with Gasteiger partial charge in [-0.3, -0.25) is 10.1 Å². The number of nitro groups is 1. The van der Waals surface area contributed by atoms with E-state index in [1.165, 1.54) is 30.2 Å². The number of likely N-dealkylation sites (tertiary alicyclic amines) is 2. The van der Waals surface area contributed by atoms with Crippen LogP contribution in [0.4, 0.5) is 21.0 Å². The summed E-state index contributed by atoms with van der Waals surface area (Å²) >= 11 is 0. The zero-order chi connectivity index (χ0) is 32.8. The monoisotopic (exact) mass is 618 g/mol. The molecule has 0 unspecified atom stereocenters. The molecule has 2 heterocycles. The molecule has 2 fully saturated rings. The van der Waals surface area contributed by atoms with Gasteiger partial charge in [-0.05, 0) is 59.7 Å². The fourth-order valence-electron chi connectivity index (χ4n) is 3.98. The van der Waals surface area contributed by atoms with Crippen molar-refractivity contribution in [3.8, 4) is 23.0 Å². The lowest BCUT2D eigenvalue weighted by Gasteiger charge is -2.39. The molecule has 0 radical (unpaired) electrons. The summed E-state index contributed by atoms with van der Waals surface area (Å²) in [6, 6.07) is 9.38. The van der Waals surface area contributed by atoms with Gasteiger partial charge in [0, 0.05) is 17.8 Å². The van der Waals surface area contributed by atoms with E-state index in [0.29, 0.717) is 49.1 Å². The molecule has 2 amide bonds. The van der Waals surface area contributed by atoms with Crippen molar-refractivity contribution in [1.82, 2.24) is 9.80 Å². The van der Waals surface area contributed by atoms with Gasteiger partial charge in [-0.1, -0.05) is 0 Å². The maximum Gasteiger partial charge on any atom is 0.410 e. The lowest BCUT2D eigenvalue weighted by molar-refractivity contribution is -0.385. The molecule has 44 heavy (non-hydrogen) atoms. The van der Waals surface area contributed by atoms with Crippen molar-refractivity contribution in [2.45, 2.75) is 65.0 Å². The van der Waals surface area contributed by atoms with E-state index in [9.17, 15) is 19.7 Å². The number of methoxy groups -OCH3 is 2. The molecule has 2 N–H and O–H groups in total. The summed E-state index contributed by atoms with van der Waals surface area (Å²) in [5.41, 5.74) is 5.22. The first-order valence-corrected chi connectivity index (χ1v) is 14.0. The Hall–Kier alpha value is -4.62. The minimum absolute atomic E-state index is 0.0601. The van der Waals surface area contributed by atoms with Crippen LogP contribution in [0, 0.1) is 10.1 Å². The van der Waals surface area contributed by atoms with Gasteiger partial charge in [-0.25, -0.2) is 9.59 Å². The highest BCUT2D eigenvalue weighted by Crippen LogP contribution is 2.33. The Kier molecular flexibility index (Phi) is 10.6. The van der Waals surface area contributed by atoms with Crippen molar-refractivity contribution in [2.75, 3.05) is 46.1 Å². The van der Waals surface area contributed by atoms with E-state index >= 15 is 0 Å². The molecule has 0 atom stereocenters. The van der Waals surface area contributed by atoms with Crippen LogP contribution >= 0.6 is 0 Å². The first kappa shape index (κ1) is 33.9. The largest absolute Gasteiger partial charge is 0.493 e. The third kappa shape index (κ3) is 9.71. The minimum atomic E-state index is -0.537. The third-order valence-electron chi connectivity index (χ3n) is 6.13. The van der Waals surface area contributed by atoms with Crippen molar-refractivity contribution in [1.29, 1.82) is 0 Å². The van der Waals surface area contributed by atoms with Crippen LogP contribution in [0.25, 0.3) is 0 Å². The number of hydrogen-bond donors (Lipinski definition) is 1. The van der Waals surface area contributed by atoms with Crippen LogP contribution < -0.4 is 24.7 Å². The van der Waals surface area contributed by atoms with Gasteiger partial charge in [-0.15, -0.1) is 0 Å². The second kappa shape index (κ2) is 13.8. The molecule has 2 aromatic rings. The summed E-state index contributed by atoms with van der Waals surface area (Å²) in [6.45, 7) is 12.8. The number of carbonyl (C=O) groups is 2. The van der Waals surface area contributed by atoms with E-state index in [-0.39, 0.29) is 35.8 Å². The maximum atomic E-state index is 11.8. The van der Waals surface area contributed by atoms with Gasteiger partial charge in [-0.2, -0.15) is 0 Å². The molecule has 14 heteroatoms. The highest BCUT2D eigenvalue weighted by Gasteiger charge is 2.36. The van der Waals surface area contributed by atoms with Crippen LogP contribution in [0.2, 0.25) is 0 Å². The van der Waals surface area contributed by atoms with Crippen molar-refractivity contribution in [3.63, 3.8) is 0 Å². The van der Waals surface area contributed by atoms with Gasteiger partial charge in [0.2, 0.25) is 0 Å². The fourth-order valence-corrected chi connectivity index (χ4v) is 3.98. The van der Waals surface area contributed by atoms with Crippen molar-refractivity contribution < 1.29 is 42.9 Å². The predicted octanol–water partition coefficient (Wildman–Crippen LogP) is 4.88. The van der Waals surface area contributed by atoms with Gasteiger partial charge in [0.25, 0.3) is 5.69 Å². The van der Waals surface area contributed by atoms with Crippen LogP contribution in [0.15, 0.2) is 36.4 Å². The maximum absolute atomic E-state index is 11.8. The molecule has 0 aromatic heterocycles. The number of hydrogen-bond acceptors (Lipinski definition) is 11. The molecule has 0 aliphatic carbocycles. The van der Waals surface area contributed by atoms with Gasteiger partial charge in [0.05, 0.1) is 51.4 Å². The minimum Gasteiger partial charge on any atom is -0.493 e. The highest BCUT2D eigenvalue weighted by molar-refractivity contribution is 5.70. The lowest BCUT2D eigenvalue weighted by atomic mass is 10.1. The Morgan fingerprint density at radius 2 is 1.16 bits per heavy atom. The molecule has 2 aromatic carbocycles. The van der Waals surface area contributed by atoms with Crippen LogP contribution in [0.5, 0.6) is 23.0 Å². The van der Waals surface area contributed by atoms with Crippen LogP contribution in [0.3, 0.4) is 0 Å². The summed E-state index contributed by atoms with van der Waals surface area (Å²) in [4.78, 5) is 37.0. The molecular formula is C30H42N4O10. The quantitative estimate of drug-likeness (QED) is 0.255. The zero-order valence-electron chi connectivity index (χ0n) is 26.4. The zero-order valence-corrected chi connectivity index (χ0v) is 26.4. The van der Waals surface area contributed by atoms with Gasteiger partial charge >= 0.3 is 12.2 Å². The predicted molar refractivity (Wildman–Crippen MR) is 162 cm³/mol. The number of rotatable bonds is 7. The molecule has 0 bridgehead atoms. The van der Waals surface area contributed by atoms with Gasteiger partial charge in [0.1, 0.15) is 23.4 Å². The second-order valence-corrected chi connectivity index (χ2v) is 12.3. The topological polar surface area (TPSA) is 165 Å². The summed E-state index contributed by atoms with van der Waals surface area (Å²) in [5, 5.41) is 10.8. The van der Waals surface area contributed by atoms with Crippen LogP contribution in [-0.2, 0) is 9.47 Å². The van der Waals surface area contributed by atoms with E-state index in [0.717, 1.165) is 0 Å². The molecule has 14 nitrogen and oxygen atoms in total. The van der Waals surface area contributed by atoms with Gasteiger partial charge < -0.3 is 44.0 Å². The van der Waals surface area contributed by atoms with Crippen molar-refractivity contribution in [3.05, 3.63) is 46.5 Å². The SMILES string of the molecule is COc1cc(N)ccc1OC1CN(C(=O)OC(C)(C)C)C1.COc1cc([N+](=O)[O-])ccc1OC1CN(C(=O)OC(C)(C)C)C1. The first-order valence-electron chi connectivity index (χ1n) is 14.0. The average Bonchev–Trinajstić information content (AvgIpc) is 2.86. The molecule has 2 aliphatic heterocycles. The molecule has 2 saturated heterocycles. The van der Waals surface area contributed by atoms with Gasteiger partial charge in [0.15, 0.2) is 23.0 Å². The van der Waals surface area contributed by atoms with E-state index in [1.807, 2.05) is 20.8 Å². The lowest BCUT2D eigenvalue weighted by Crippen LogP contribution is -2.57. The number of amides is 2. The Balaban J connectivity index is 0.000000241. The molecule has 0 saturated carbocycles. The fraction of sp³-hybridized carbons (Fsp3) is 0.533. The number of nitrogens with zero attached hydrogens (tertiary/aromatic N) is 3. The second-order valence-electron chi connectivity index (χ2n) is 12.3. The van der Waals surface area contributed by atoms with Crippen molar-refractivity contribution in [2.24, 2.45) is 0 Å². The number of nitrogen functional groups attached to an aromatic ring is 1. The number of benzene rings is 2. The number of nitro benzene ring substituents is 1. The summed E-state index contributed by atoms with van der Waals surface area (Å²) < 4.78 is 32.4. The first-order chi connectivity index (χ1) is 20.5. The summed E-state index contributed by atoms with van der Waals surface area (Å²) in [7, 11) is 2.98. The Morgan fingerprint density at radius 3 is 1.55 bits per heavy atom. The third-order valence-corrected chi connectivity index (χ3v) is 6.13. The molecule has 242 valence electrons. The summed E-state index contributed by atoms with van der Waals surface area (Å²) in [5.74, 6) is 1.91. The van der Waals surface area contributed by atoms with E-state index in [1.54, 1.807) is 51.0 Å². The number of non-ortho nitro benzene ring substituents is 1. The summed E-state index contributed by atoms with van der Waals surface area (Å²) in [6.07, 6.45) is -0.951. The Morgan fingerprint density at radius 1 is 0.750 bits per heavy atom. The van der Waals surface area contributed by atoms with E-state index in [2.05, 4.69) is 0 Å². The van der Waals surface area contributed by atoms with Crippen molar-refractivity contribution >= 4 is 23.6 Å². The number of ether oxygens (including phenoxy) is 6. The molecular weight excluding hydrogens is 576 g/mol. The van der Waals surface area contributed by atoms with E-state index in [4.69, 9.17) is 34.2 Å². The average molecular weight is 619 g/mol. The Labute approximate surface area is 257 Å². The standard InChI is InChI=1S/C15H20N2O6.C15H22N2O4/c1-15(2,3)23-14(18)16-8-11(9-16)22-12-6-5-10(17(19)20)7-13(12)21-4;1-15(2,3)21-14(18)17-8-11(9-17)20-12-6-5-10(16)7-13(12)19-4/h5-7,11H,8-9H2,1-4H3;5-7,11H,8-9,16H2,1-4H3. The highest BCUT2D eigenvalue weighted by atomic mass is 16.6. The Bertz CT molecular complexity index is 1330. The van der Waals surface area contributed by atoms with E-state index < -0.39 is 16.1 Å².